The molecule has 5 heteroatoms. The zero-order valence-corrected chi connectivity index (χ0v) is 13.4. The number of nitrogens with one attached hydrogen (secondary N) is 1. The van der Waals surface area contributed by atoms with Gasteiger partial charge in [0.25, 0.3) is 0 Å². The summed E-state index contributed by atoms with van der Waals surface area (Å²) < 4.78 is 0. The molecule has 1 saturated carbocycles. The lowest BCUT2D eigenvalue weighted by Crippen LogP contribution is -2.13. The van der Waals surface area contributed by atoms with Gasteiger partial charge in [0, 0.05) is 23.8 Å². The van der Waals surface area contributed by atoms with Crippen molar-refractivity contribution in [3.05, 3.63) is 16.1 Å². The monoisotopic (exact) mass is 293 g/mol. The molecule has 2 aromatic rings. The number of hydrogen-bond acceptors (Lipinski definition) is 5. The van der Waals surface area contributed by atoms with Crippen LogP contribution >= 0.6 is 22.7 Å². The first-order valence-electron chi connectivity index (χ1n) is 6.64. The fraction of sp³-hybridized carbons (Fsp3) is 0.571. The van der Waals surface area contributed by atoms with Crippen LogP contribution in [0.4, 0.5) is 5.13 Å². The van der Waals surface area contributed by atoms with Gasteiger partial charge in [0.1, 0.15) is 0 Å². The second-order valence-corrected chi connectivity index (χ2v) is 7.93. The van der Waals surface area contributed by atoms with Crippen LogP contribution in [-0.2, 0) is 5.41 Å². The van der Waals surface area contributed by atoms with Crippen molar-refractivity contribution in [3.8, 4) is 10.6 Å². The molecular weight excluding hydrogens is 274 g/mol. The van der Waals surface area contributed by atoms with Gasteiger partial charge in [0.2, 0.25) is 0 Å². The van der Waals surface area contributed by atoms with Gasteiger partial charge in [0.15, 0.2) is 5.13 Å². The zero-order valence-electron chi connectivity index (χ0n) is 11.8. The molecule has 1 aliphatic carbocycles. The molecular formula is C14H19N3S2. The van der Waals surface area contributed by atoms with Crippen molar-refractivity contribution in [2.45, 2.75) is 44.9 Å². The van der Waals surface area contributed by atoms with Gasteiger partial charge in [-0.25, -0.2) is 9.97 Å². The highest BCUT2D eigenvalue weighted by molar-refractivity contribution is 7.17. The number of rotatable bonds is 3. The number of nitrogens with zero attached hydrogens (tertiary/aromatic N) is 2. The van der Waals surface area contributed by atoms with E-state index in [1.54, 1.807) is 11.3 Å². The third-order valence-electron chi connectivity index (χ3n) is 3.23. The van der Waals surface area contributed by atoms with Crippen LogP contribution in [-0.4, -0.2) is 17.0 Å². The van der Waals surface area contributed by atoms with E-state index >= 15 is 0 Å². The summed E-state index contributed by atoms with van der Waals surface area (Å²) in [6.45, 7) is 6.69. The third-order valence-corrected chi connectivity index (χ3v) is 5.33. The van der Waals surface area contributed by atoms with E-state index in [-0.39, 0.29) is 5.41 Å². The Morgan fingerprint density at radius 2 is 2.00 bits per heavy atom. The molecule has 1 N–H and O–H groups in total. The maximum atomic E-state index is 4.92. The predicted octanol–water partition coefficient (Wildman–Crippen LogP) is 4.48. The molecule has 1 fully saturated rings. The van der Waals surface area contributed by atoms with Crippen molar-refractivity contribution >= 4 is 27.8 Å². The van der Waals surface area contributed by atoms with Gasteiger partial charge >= 0.3 is 0 Å². The highest BCUT2D eigenvalue weighted by Gasteiger charge is 2.32. The topological polar surface area (TPSA) is 37.8 Å². The van der Waals surface area contributed by atoms with Crippen molar-refractivity contribution in [1.82, 2.24) is 9.97 Å². The van der Waals surface area contributed by atoms with Crippen LogP contribution in [0, 0.1) is 0 Å². The molecule has 0 aliphatic heterocycles. The molecule has 0 atom stereocenters. The Kier molecular flexibility index (Phi) is 3.14. The van der Waals surface area contributed by atoms with E-state index in [0.717, 1.165) is 10.8 Å². The van der Waals surface area contributed by atoms with Crippen LogP contribution in [0.15, 0.2) is 5.38 Å². The number of hydrogen-bond donors (Lipinski definition) is 1. The summed E-state index contributed by atoms with van der Waals surface area (Å²) in [6, 6.07) is 0. The van der Waals surface area contributed by atoms with E-state index in [2.05, 4.69) is 36.5 Å². The van der Waals surface area contributed by atoms with E-state index in [1.165, 1.54) is 28.4 Å². The normalized spacial score (nSPS) is 15.8. The number of aromatic nitrogens is 2. The molecule has 0 saturated heterocycles. The molecule has 3 rings (SSSR count). The fourth-order valence-corrected chi connectivity index (χ4v) is 4.16. The Morgan fingerprint density at radius 3 is 2.53 bits per heavy atom. The lowest BCUT2D eigenvalue weighted by Gasteiger charge is -2.16. The average molecular weight is 293 g/mol. The van der Waals surface area contributed by atoms with Crippen molar-refractivity contribution in [3.63, 3.8) is 0 Å². The highest BCUT2D eigenvalue weighted by Crippen LogP contribution is 2.47. The summed E-state index contributed by atoms with van der Waals surface area (Å²) in [5.41, 5.74) is 2.35. The summed E-state index contributed by atoms with van der Waals surface area (Å²) in [5, 5.41) is 7.51. The smallest absolute Gasteiger partial charge is 0.182 e. The molecule has 0 radical (unpaired) electrons. The maximum Gasteiger partial charge on any atom is 0.182 e. The zero-order chi connectivity index (χ0) is 13.6. The Labute approximate surface area is 122 Å². The van der Waals surface area contributed by atoms with Gasteiger partial charge in [-0.05, 0) is 12.8 Å². The molecule has 2 aromatic heterocycles. The SMILES string of the molecule is CNc1nc(-c2sc(C3CC3)nc2C(C)(C)C)cs1. The Morgan fingerprint density at radius 1 is 1.26 bits per heavy atom. The van der Waals surface area contributed by atoms with E-state index in [0.29, 0.717) is 5.92 Å². The Bertz CT molecular complexity index is 588. The van der Waals surface area contributed by atoms with Crippen LogP contribution < -0.4 is 5.32 Å². The third kappa shape index (κ3) is 2.54. The first-order valence-corrected chi connectivity index (χ1v) is 8.33. The molecule has 0 unspecified atom stereocenters. The standard InChI is InChI=1S/C14H19N3S2/c1-14(2,3)11-10(9-7-18-13(15-4)16-9)19-12(17-11)8-5-6-8/h7-8H,5-6H2,1-4H3,(H,15,16). The molecule has 3 nitrogen and oxygen atoms in total. The maximum absolute atomic E-state index is 4.92. The lowest BCUT2D eigenvalue weighted by atomic mass is 9.91. The van der Waals surface area contributed by atoms with Crippen LogP contribution in [0.5, 0.6) is 0 Å². The molecule has 19 heavy (non-hydrogen) atoms. The van der Waals surface area contributed by atoms with Gasteiger partial charge in [-0.1, -0.05) is 20.8 Å². The van der Waals surface area contributed by atoms with Crippen LogP contribution in [0.2, 0.25) is 0 Å². The molecule has 1 aliphatic rings. The molecule has 102 valence electrons. The average Bonchev–Trinajstić information content (AvgIpc) is 2.93. The first kappa shape index (κ1) is 13.1. The quantitative estimate of drug-likeness (QED) is 0.906. The highest BCUT2D eigenvalue weighted by atomic mass is 32.1. The largest absolute Gasteiger partial charge is 0.365 e. The summed E-state index contributed by atoms with van der Waals surface area (Å²) in [5.74, 6) is 0.710. The van der Waals surface area contributed by atoms with E-state index in [9.17, 15) is 0 Å². The van der Waals surface area contributed by atoms with Gasteiger partial charge in [-0.15, -0.1) is 22.7 Å². The summed E-state index contributed by atoms with van der Waals surface area (Å²) in [7, 11) is 1.91. The van der Waals surface area contributed by atoms with Crippen molar-refractivity contribution < 1.29 is 0 Å². The summed E-state index contributed by atoms with van der Waals surface area (Å²) in [4.78, 5) is 10.8. The second-order valence-electron chi connectivity index (χ2n) is 6.04. The van der Waals surface area contributed by atoms with Crippen LogP contribution in [0.3, 0.4) is 0 Å². The molecule has 0 bridgehead atoms. The van der Waals surface area contributed by atoms with E-state index < -0.39 is 0 Å². The van der Waals surface area contributed by atoms with Crippen molar-refractivity contribution in [1.29, 1.82) is 0 Å². The lowest BCUT2D eigenvalue weighted by molar-refractivity contribution is 0.572. The molecule has 0 aromatic carbocycles. The second kappa shape index (κ2) is 4.56. The van der Waals surface area contributed by atoms with Crippen molar-refractivity contribution in [2.24, 2.45) is 0 Å². The Balaban J connectivity index is 2.07. The first-order chi connectivity index (χ1) is 8.99. The minimum Gasteiger partial charge on any atom is -0.365 e. The summed E-state index contributed by atoms with van der Waals surface area (Å²) in [6.07, 6.45) is 2.60. The van der Waals surface area contributed by atoms with Gasteiger partial charge in [0.05, 0.1) is 21.3 Å². The van der Waals surface area contributed by atoms with Crippen LogP contribution in [0.1, 0.15) is 50.2 Å². The number of thiazole rings is 2. The minimum atomic E-state index is 0.0718. The molecule has 0 amide bonds. The van der Waals surface area contributed by atoms with Gasteiger partial charge in [-0.3, -0.25) is 0 Å². The predicted molar refractivity (Wildman–Crippen MR) is 83.4 cm³/mol. The number of anilines is 1. The molecule has 2 heterocycles. The summed E-state index contributed by atoms with van der Waals surface area (Å²) >= 11 is 3.49. The Hall–Kier alpha value is -0.940. The van der Waals surface area contributed by atoms with E-state index in [4.69, 9.17) is 4.98 Å². The van der Waals surface area contributed by atoms with Gasteiger partial charge < -0.3 is 5.32 Å². The fourth-order valence-electron chi connectivity index (χ4n) is 2.02. The van der Waals surface area contributed by atoms with Crippen molar-refractivity contribution in [2.75, 3.05) is 12.4 Å². The molecule has 0 spiro atoms. The van der Waals surface area contributed by atoms with Gasteiger partial charge in [-0.2, -0.15) is 0 Å². The van der Waals surface area contributed by atoms with E-state index in [1.807, 2.05) is 18.4 Å². The minimum absolute atomic E-state index is 0.0718. The van der Waals surface area contributed by atoms with Crippen LogP contribution in [0.25, 0.3) is 10.6 Å².